The number of ether oxygens (including phenoxy) is 1. The average molecular weight is 253 g/mol. The molecular weight excluding hydrogens is 230 g/mol. The van der Waals surface area contributed by atoms with Gasteiger partial charge < -0.3 is 10.5 Å². The first-order chi connectivity index (χ1) is 8.13. The zero-order valence-corrected chi connectivity index (χ0v) is 11.8. The molecule has 0 aliphatic rings. The van der Waals surface area contributed by atoms with Gasteiger partial charge in [-0.3, -0.25) is 0 Å². The molecule has 0 saturated carbocycles. The summed E-state index contributed by atoms with van der Waals surface area (Å²) in [5, 5.41) is 0. The van der Waals surface area contributed by atoms with Crippen molar-refractivity contribution in [3.8, 4) is 5.75 Å². The largest absolute Gasteiger partial charge is 0.497 e. The molecule has 1 aromatic carbocycles. The lowest BCUT2D eigenvalue weighted by atomic mass is 10.1. The third-order valence-electron chi connectivity index (χ3n) is 2.68. The van der Waals surface area contributed by atoms with E-state index in [1.165, 1.54) is 17.7 Å². The summed E-state index contributed by atoms with van der Waals surface area (Å²) in [6, 6.07) is 8.15. The van der Waals surface area contributed by atoms with Crippen molar-refractivity contribution in [3.05, 3.63) is 29.8 Å². The van der Waals surface area contributed by atoms with Crippen LogP contribution in [-0.2, 0) is 0 Å². The third kappa shape index (κ3) is 5.46. The van der Waals surface area contributed by atoms with Crippen LogP contribution in [0.2, 0.25) is 0 Å². The van der Waals surface area contributed by atoms with Crippen molar-refractivity contribution >= 4 is 11.8 Å². The maximum atomic E-state index is 6.14. The van der Waals surface area contributed by atoms with Crippen LogP contribution < -0.4 is 10.5 Å². The second-order valence-electron chi connectivity index (χ2n) is 4.64. The Balaban J connectivity index is 2.33. The van der Waals surface area contributed by atoms with Crippen LogP contribution in [0.5, 0.6) is 5.75 Å². The number of nitrogens with two attached hydrogens (primary N) is 1. The van der Waals surface area contributed by atoms with Crippen molar-refractivity contribution in [2.45, 2.75) is 26.3 Å². The van der Waals surface area contributed by atoms with Crippen molar-refractivity contribution in [1.82, 2.24) is 0 Å². The molecule has 1 aromatic rings. The van der Waals surface area contributed by atoms with Crippen molar-refractivity contribution in [3.63, 3.8) is 0 Å². The first kappa shape index (κ1) is 14.4. The van der Waals surface area contributed by atoms with Gasteiger partial charge >= 0.3 is 0 Å². The van der Waals surface area contributed by atoms with Gasteiger partial charge in [0.05, 0.1) is 7.11 Å². The fourth-order valence-electron chi connectivity index (χ4n) is 1.48. The summed E-state index contributed by atoms with van der Waals surface area (Å²) in [6.45, 7) is 4.51. The molecule has 0 radical (unpaired) electrons. The smallest absolute Gasteiger partial charge is 0.118 e. The number of thioether (sulfide) groups is 1. The molecule has 1 unspecified atom stereocenters. The van der Waals surface area contributed by atoms with E-state index in [4.69, 9.17) is 10.5 Å². The van der Waals surface area contributed by atoms with E-state index in [1.54, 1.807) is 7.11 Å². The van der Waals surface area contributed by atoms with Crippen LogP contribution in [0, 0.1) is 5.92 Å². The molecule has 2 nitrogen and oxygen atoms in total. The molecule has 2 N–H and O–H groups in total. The van der Waals surface area contributed by atoms with Crippen LogP contribution in [0.1, 0.15) is 31.9 Å². The molecule has 0 aromatic heterocycles. The summed E-state index contributed by atoms with van der Waals surface area (Å²) in [5.41, 5.74) is 7.32. The van der Waals surface area contributed by atoms with E-state index < -0.39 is 0 Å². The molecule has 3 heteroatoms. The van der Waals surface area contributed by atoms with E-state index in [1.807, 2.05) is 36.0 Å². The van der Waals surface area contributed by atoms with Crippen molar-refractivity contribution in [2.24, 2.45) is 11.7 Å². The molecule has 0 heterocycles. The average Bonchev–Trinajstić information content (AvgIpc) is 2.34. The highest BCUT2D eigenvalue weighted by atomic mass is 32.2. The fourth-order valence-corrected chi connectivity index (χ4v) is 2.73. The molecule has 0 spiro atoms. The Kier molecular flexibility index (Phi) is 6.45. The quantitative estimate of drug-likeness (QED) is 0.756. The number of methoxy groups -OCH3 is 1. The lowest BCUT2D eigenvalue weighted by molar-refractivity contribution is 0.414. The maximum absolute atomic E-state index is 6.14. The molecule has 0 saturated heterocycles. The van der Waals surface area contributed by atoms with Gasteiger partial charge in [0.2, 0.25) is 0 Å². The SMILES string of the molecule is COc1ccc(C(N)CSCCC(C)C)cc1. The number of rotatable bonds is 7. The minimum Gasteiger partial charge on any atom is -0.497 e. The first-order valence-electron chi connectivity index (χ1n) is 6.10. The second kappa shape index (κ2) is 7.62. The van der Waals surface area contributed by atoms with Crippen LogP contribution in [0.15, 0.2) is 24.3 Å². The van der Waals surface area contributed by atoms with Crippen molar-refractivity contribution < 1.29 is 4.74 Å². The van der Waals surface area contributed by atoms with Gasteiger partial charge in [0.25, 0.3) is 0 Å². The fraction of sp³-hybridized carbons (Fsp3) is 0.571. The zero-order chi connectivity index (χ0) is 12.7. The number of hydrogen-bond acceptors (Lipinski definition) is 3. The van der Waals surface area contributed by atoms with E-state index in [2.05, 4.69) is 13.8 Å². The predicted octanol–water partition coefficient (Wildman–Crippen LogP) is 3.47. The third-order valence-corrected chi connectivity index (χ3v) is 3.80. The van der Waals surface area contributed by atoms with E-state index in [-0.39, 0.29) is 6.04 Å². The highest BCUT2D eigenvalue weighted by molar-refractivity contribution is 7.99. The standard InChI is InChI=1S/C14H23NOS/c1-11(2)8-9-17-10-14(15)12-4-6-13(16-3)7-5-12/h4-7,11,14H,8-10,15H2,1-3H3. The van der Waals surface area contributed by atoms with E-state index in [0.717, 1.165) is 17.4 Å². The highest BCUT2D eigenvalue weighted by Gasteiger charge is 2.06. The maximum Gasteiger partial charge on any atom is 0.118 e. The van der Waals surface area contributed by atoms with Gasteiger partial charge in [0, 0.05) is 11.8 Å². The molecular formula is C14H23NOS. The van der Waals surface area contributed by atoms with Crippen LogP contribution in [-0.4, -0.2) is 18.6 Å². The summed E-state index contributed by atoms with van der Waals surface area (Å²) in [5.74, 6) is 3.84. The lowest BCUT2D eigenvalue weighted by Crippen LogP contribution is -2.13. The summed E-state index contributed by atoms with van der Waals surface area (Å²) < 4.78 is 5.13. The van der Waals surface area contributed by atoms with E-state index >= 15 is 0 Å². The minimum atomic E-state index is 0.123. The van der Waals surface area contributed by atoms with E-state index in [0.29, 0.717) is 0 Å². The van der Waals surface area contributed by atoms with Gasteiger partial charge in [-0.2, -0.15) is 11.8 Å². The normalized spacial score (nSPS) is 12.8. The van der Waals surface area contributed by atoms with Gasteiger partial charge in [-0.15, -0.1) is 0 Å². The van der Waals surface area contributed by atoms with Gasteiger partial charge in [0.15, 0.2) is 0 Å². The number of hydrogen-bond donors (Lipinski definition) is 1. The molecule has 1 atom stereocenters. The Morgan fingerprint density at radius 2 is 1.88 bits per heavy atom. The summed E-state index contributed by atoms with van der Waals surface area (Å²) >= 11 is 1.94. The molecule has 1 rings (SSSR count). The Bertz CT molecular complexity index is 311. The molecule has 0 fully saturated rings. The lowest BCUT2D eigenvalue weighted by Gasteiger charge is -2.12. The Morgan fingerprint density at radius 1 is 1.24 bits per heavy atom. The predicted molar refractivity (Wildman–Crippen MR) is 76.7 cm³/mol. The Morgan fingerprint density at radius 3 is 2.41 bits per heavy atom. The van der Waals surface area contributed by atoms with E-state index in [9.17, 15) is 0 Å². The van der Waals surface area contributed by atoms with Gasteiger partial charge in [-0.25, -0.2) is 0 Å². The topological polar surface area (TPSA) is 35.2 Å². The van der Waals surface area contributed by atoms with Crippen molar-refractivity contribution in [1.29, 1.82) is 0 Å². The minimum absolute atomic E-state index is 0.123. The molecule has 0 amide bonds. The highest BCUT2D eigenvalue weighted by Crippen LogP contribution is 2.20. The molecule has 96 valence electrons. The molecule has 0 bridgehead atoms. The molecule has 0 aliphatic heterocycles. The Labute approximate surface area is 109 Å². The summed E-state index contributed by atoms with van der Waals surface area (Å²) in [7, 11) is 1.68. The van der Waals surface area contributed by atoms with Gasteiger partial charge in [0.1, 0.15) is 5.75 Å². The summed E-state index contributed by atoms with van der Waals surface area (Å²) in [6.07, 6.45) is 1.26. The van der Waals surface area contributed by atoms with Crippen LogP contribution in [0.25, 0.3) is 0 Å². The summed E-state index contributed by atoms with van der Waals surface area (Å²) in [4.78, 5) is 0. The van der Waals surface area contributed by atoms with Crippen LogP contribution >= 0.6 is 11.8 Å². The van der Waals surface area contributed by atoms with Crippen LogP contribution in [0.4, 0.5) is 0 Å². The Hall–Kier alpha value is -0.670. The van der Waals surface area contributed by atoms with Crippen molar-refractivity contribution in [2.75, 3.05) is 18.6 Å². The van der Waals surface area contributed by atoms with Gasteiger partial charge in [-0.05, 0) is 35.8 Å². The zero-order valence-electron chi connectivity index (χ0n) is 11.0. The molecule has 17 heavy (non-hydrogen) atoms. The second-order valence-corrected chi connectivity index (χ2v) is 5.79. The van der Waals surface area contributed by atoms with Gasteiger partial charge in [-0.1, -0.05) is 26.0 Å². The first-order valence-corrected chi connectivity index (χ1v) is 7.26. The molecule has 0 aliphatic carbocycles. The monoisotopic (exact) mass is 253 g/mol. The number of benzene rings is 1. The van der Waals surface area contributed by atoms with Crippen LogP contribution in [0.3, 0.4) is 0 Å².